The molecule has 18 heavy (non-hydrogen) atoms. The van der Waals surface area contributed by atoms with Crippen molar-refractivity contribution in [2.24, 2.45) is 0 Å². The average Bonchev–Trinajstić information content (AvgIpc) is 2.87. The van der Waals surface area contributed by atoms with Crippen LogP contribution in [-0.2, 0) is 0 Å². The highest BCUT2D eigenvalue weighted by Gasteiger charge is 2.36. The van der Waals surface area contributed by atoms with Crippen LogP contribution in [-0.4, -0.2) is 59.7 Å². The molecule has 1 aliphatic heterocycles. The van der Waals surface area contributed by atoms with Gasteiger partial charge in [0.05, 0.1) is 7.11 Å². The third-order valence-corrected chi connectivity index (χ3v) is 4.72. The zero-order valence-electron chi connectivity index (χ0n) is 11.1. The molecule has 5 nitrogen and oxygen atoms in total. The summed E-state index contributed by atoms with van der Waals surface area (Å²) in [6, 6.07) is 1.82. The largest absolute Gasteiger partial charge is 0.481 e. The fraction of sp³-hybridized carbons (Fsp3) is 0.667. The molecule has 1 aromatic rings. The van der Waals surface area contributed by atoms with E-state index in [0.29, 0.717) is 5.88 Å². The van der Waals surface area contributed by atoms with Crippen LogP contribution in [0, 0.1) is 0 Å². The molecule has 1 fully saturated rings. The van der Waals surface area contributed by atoms with Gasteiger partial charge in [0.2, 0.25) is 5.88 Å². The Hall–Kier alpha value is -1.01. The van der Waals surface area contributed by atoms with Gasteiger partial charge in [-0.1, -0.05) is 0 Å². The molecule has 0 aliphatic carbocycles. The first-order chi connectivity index (χ1) is 8.66. The van der Waals surface area contributed by atoms with Crippen LogP contribution in [0.25, 0.3) is 0 Å². The van der Waals surface area contributed by atoms with Crippen molar-refractivity contribution in [3.63, 3.8) is 0 Å². The second kappa shape index (κ2) is 5.75. The van der Waals surface area contributed by atoms with Gasteiger partial charge >= 0.3 is 0 Å². The normalized spacial score (nSPS) is 23.3. The number of nitrogens with zero attached hydrogens (tertiary/aromatic N) is 3. The number of ether oxygens (including phenoxy) is 1. The topological polar surface area (TPSA) is 50.3 Å². The first-order valence-electron chi connectivity index (χ1n) is 6.01. The number of thioether (sulfide) groups is 1. The number of hydrogen-bond donors (Lipinski definition) is 1. The van der Waals surface area contributed by atoms with E-state index in [0.717, 1.165) is 18.1 Å². The maximum atomic E-state index is 5.09. The molecule has 0 unspecified atom stereocenters. The molecular weight excluding hydrogens is 248 g/mol. The summed E-state index contributed by atoms with van der Waals surface area (Å²) in [5, 5.41) is 3.40. The minimum Gasteiger partial charge on any atom is -0.481 e. The van der Waals surface area contributed by atoms with Crippen LogP contribution in [0.15, 0.2) is 12.4 Å². The summed E-state index contributed by atoms with van der Waals surface area (Å²) in [4.78, 5) is 10.5. The van der Waals surface area contributed by atoms with Crippen molar-refractivity contribution >= 4 is 17.6 Å². The van der Waals surface area contributed by atoms with Crippen LogP contribution in [0.4, 0.5) is 5.82 Å². The highest BCUT2D eigenvalue weighted by Crippen LogP contribution is 2.32. The summed E-state index contributed by atoms with van der Waals surface area (Å²) < 4.78 is 5.09. The van der Waals surface area contributed by atoms with Crippen molar-refractivity contribution in [3.8, 4) is 5.88 Å². The van der Waals surface area contributed by atoms with Crippen molar-refractivity contribution in [1.29, 1.82) is 0 Å². The van der Waals surface area contributed by atoms with E-state index in [4.69, 9.17) is 4.74 Å². The van der Waals surface area contributed by atoms with Gasteiger partial charge in [0.15, 0.2) is 0 Å². The SMILES string of the molecule is COc1cc(NC[C@@]2(N(C)C)CCSC2)ncn1. The Morgan fingerprint density at radius 1 is 1.50 bits per heavy atom. The van der Waals surface area contributed by atoms with Gasteiger partial charge in [-0.05, 0) is 26.3 Å². The van der Waals surface area contributed by atoms with E-state index in [-0.39, 0.29) is 5.54 Å². The van der Waals surface area contributed by atoms with Crippen molar-refractivity contribution in [1.82, 2.24) is 14.9 Å². The van der Waals surface area contributed by atoms with Crippen LogP contribution in [0.3, 0.4) is 0 Å². The van der Waals surface area contributed by atoms with Crippen LogP contribution in [0.2, 0.25) is 0 Å². The molecule has 1 atom stereocenters. The summed E-state index contributed by atoms with van der Waals surface area (Å²) in [7, 11) is 5.91. The molecule has 2 rings (SSSR count). The van der Waals surface area contributed by atoms with Gasteiger partial charge in [0.25, 0.3) is 0 Å². The lowest BCUT2D eigenvalue weighted by Crippen LogP contribution is -2.49. The van der Waals surface area contributed by atoms with E-state index in [9.17, 15) is 0 Å². The van der Waals surface area contributed by atoms with Gasteiger partial charge in [0, 0.05) is 23.9 Å². The number of rotatable bonds is 5. The number of aromatic nitrogens is 2. The second-order valence-corrected chi connectivity index (χ2v) is 5.83. The van der Waals surface area contributed by atoms with Crippen LogP contribution < -0.4 is 10.1 Å². The van der Waals surface area contributed by atoms with Gasteiger partial charge in [-0.3, -0.25) is 0 Å². The van der Waals surface area contributed by atoms with Crippen LogP contribution in [0.1, 0.15) is 6.42 Å². The van der Waals surface area contributed by atoms with Crippen molar-refractivity contribution < 1.29 is 4.74 Å². The lowest BCUT2D eigenvalue weighted by Gasteiger charge is -2.35. The molecule has 0 amide bonds. The molecule has 1 aliphatic rings. The van der Waals surface area contributed by atoms with Crippen molar-refractivity contribution in [2.45, 2.75) is 12.0 Å². The molecule has 0 radical (unpaired) electrons. The number of nitrogens with one attached hydrogen (secondary N) is 1. The Kier molecular flexibility index (Phi) is 4.29. The minimum atomic E-state index is 0.225. The Balaban J connectivity index is 2.01. The van der Waals surface area contributed by atoms with Crippen LogP contribution in [0.5, 0.6) is 5.88 Å². The molecule has 1 aromatic heterocycles. The molecule has 0 saturated carbocycles. The quantitative estimate of drug-likeness (QED) is 0.869. The van der Waals surface area contributed by atoms with E-state index in [1.807, 2.05) is 17.8 Å². The number of methoxy groups -OCH3 is 1. The van der Waals surface area contributed by atoms with Gasteiger partial charge in [-0.2, -0.15) is 11.8 Å². The monoisotopic (exact) mass is 268 g/mol. The second-order valence-electron chi connectivity index (χ2n) is 4.72. The average molecular weight is 268 g/mol. The predicted octanol–water partition coefficient (Wildman–Crippen LogP) is 1.33. The smallest absolute Gasteiger partial charge is 0.218 e. The number of anilines is 1. The minimum absolute atomic E-state index is 0.225. The highest BCUT2D eigenvalue weighted by molar-refractivity contribution is 7.99. The van der Waals surface area contributed by atoms with E-state index >= 15 is 0 Å². The summed E-state index contributed by atoms with van der Waals surface area (Å²) in [5.74, 6) is 3.80. The van der Waals surface area contributed by atoms with E-state index < -0.39 is 0 Å². The third kappa shape index (κ3) is 2.87. The zero-order valence-corrected chi connectivity index (χ0v) is 12.0. The molecule has 6 heteroatoms. The fourth-order valence-electron chi connectivity index (χ4n) is 2.05. The Morgan fingerprint density at radius 3 is 2.94 bits per heavy atom. The lowest BCUT2D eigenvalue weighted by atomic mass is 9.97. The Labute approximate surface area is 112 Å². The summed E-state index contributed by atoms with van der Waals surface area (Å²) in [6.07, 6.45) is 2.73. The maximum absolute atomic E-state index is 5.09. The molecule has 1 N–H and O–H groups in total. The Morgan fingerprint density at radius 2 is 2.33 bits per heavy atom. The summed E-state index contributed by atoms with van der Waals surface area (Å²) in [5.41, 5.74) is 0.225. The molecule has 1 saturated heterocycles. The molecule has 0 aromatic carbocycles. The van der Waals surface area contributed by atoms with Crippen molar-refractivity contribution in [3.05, 3.63) is 12.4 Å². The van der Waals surface area contributed by atoms with E-state index in [2.05, 4.69) is 34.3 Å². The zero-order chi connectivity index (χ0) is 13.0. The lowest BCUT2D eigenvalue weighted by molar-refractivity contribution is 0.195. The molecule has 100 valence electrons. The maximum Gasteiger partial charge on any atom is 0.218 e. The number of hydrogen-bond acceptors (Lipinski definition) is 6. The van der Waals surface area contributed by atoms with Crippen LogP contribution >= 0.6 is 11.8 Å². The van der Waals surface area contributed by atoms with Gasteiger partial charge in [0.1, 0.15) is 12.1 Å². The molecule has 0 bridgehead atoms. The van der Waals surface area contributed by atoms with Gasteiger partial charge in [-0.15, -0.1) is 0 Å². The number of likely N-dealkylation sites (N-methyl/N-ethyl adjacent to an activating group) is 1. The van der Waals surface area contributed by atoms with E-state index in [1.165, 1.54) is 18.5 Å². The van der Waals surface area contributed by atoms with E-state index in [1.54, 1.807) is 7.11 Å². The molecule has 0 spiro atoms. The first-order valence-corrected chi connectivity index (χ1v) is 7.17. The molecular formula is C12H20N4OS. The van der Waals surface area contributed by atoms with Gasteiger partial charge < -0.3 is 15.0 Å². The molecule has 2 heterocycles. The first kappa shape index (κ1) is 13.4. The predicted molar refractivity (Wildman–Crippen MR) is 75.4 cm³/mol. The summed E-state index contributed by atoms with van der Waals surface area (Å²) in [6.45, 7) is 0.896. The standard InChI is InChI=1S/C12H20N4OS/c1-16(2)12(4-5-18-8-12)7-13-10-6-11(17-3)15-9-14-10/h6,9H,4-5,7-8H2,1-3H3,(H,13,14,15)/t12-/m0/s1. The van der Waals surface area contributed by atoms with Crippen molar-refractivity contribution in [2.75, 3.05) is 44.6 Å². The fourth-order valence-corrected chi connectivity index (χ4v) is 3.60. The highest BCUT2D eigenvalue weighted by atomic mass is 32.2. The summed E-state index contributed by atoms with van der Waals surface area (Å²) >= 11 is 2.01. The Bertz CT molecular complexity index is 393. The third-order valence-electron chi connectivity index (χ3n) is 3.48. The van der Waals surface area contributed by atoms with Gasteiger partial charge in [-0.25, -0.2) is 9.97 Å².